The normalized spacial score (nSPS) is 48.5. The van der Waals surface area contributed by atoms with Crippen LogP contribution in [0.2, 0.25) is 0 Å². The van der Waals surface area contributed by atoms with E-state index in [1.165, 1.54) is 19.3 Å². The van der Waals surface area contributed by atoms with E-state index >= 15 is 0 Å². The second kappa shape index (κ2) is 10.8. The summed E-state index contributed by atoms with van der Waals surface area (Å²) < 4.78 is 22.3. The predicted molar refractivity (Wildman–Crippen MR) is 150 cm³/mol. The minimum absolute atomic E-state index is 0.0174. The summed E-state index contributed by atoms with van der Waals surface area (Å²) in [5.41, 5.74) is -6.12. The first-order valence-electron chi connectivity index (χ1n) is 15.6. The maximum atomic E-state index is 14.2. The zero-order valence-electron chi connectivity index (χ0n) is 25.2. The molecule has 1 aliphatic heterocycles. The molecule has 1 aromatic heterocycles. The van der Waals surface area contributed by atoms with Gasteiger partial charge in [0.25, 0.3) is 0 Å². The fourth-order valence-electron chi connectivity index (χ4n) is 9.79. The highest BCUT2D eigenvalue weighted by molar-refractivity contribution is 5.93. The largest absolute Gasteiger partial charge is 0.459 e. The number of hydrogen-bond donors (Lipinski definition) is 4. The van der Waals surface area contributed by atoms with E-state index in [4.69, 9.17) is 18.6 Å². The summed E-state index contributed by atoms with van der Waals surface area (Å²) in [6, 6.07) is 2.84. The van der Waals surface area contributed by atoms with Gasteiger partial charge in [-0.1, -0.05) is 0 Å². The molecule has 242 valence electrons. The van der Waals surface area contributed by atoms with Crippen LogP contribution >= 0.6 is 0 Å². The Kier molecular flexibility index (Phi) is 7.74. The molecule has 0 spiro atoms. The van der Waals surface area contributed by atoms with Gasteiger partial charge in [0.15, 0.2) is 12.1 Å². The standard InChI is InChI=1S/C32H42O12/c1-16-12-22(43-17(2)34)25(36)28(42-16)44-19-6-9-30(15-33)24-21(7-10-31(30,39)13-19)32(40)11-8-20(18-4-5-23(35)41-14-18)29(32,3)27(38)26(24)37/h4-5,14-16,19-22,24-26,28,36-37,39-40H,6-13H2,1-3H3/t16-,19+,20-,21-,22-,24-,25+,26+,28+,29+,30+,31+,32+/m1/s1. The topological polar surface area (TPSA) is 190 Å². The summed E-state index contributed by atoms with van der Waals surface area (Å²) >= 11 is 0. The molecule has 13 atom stereocenters. The molecule has 12 nitrogen and oxygen atoms in total. The molecular weight excluding hydrogens is 576 g/mol. The lowest BCUT2D eigenvalue weighted by Gasteiger charge is -2.65. The Morgan fingerprint density at radius 3 is 2.50 bits per heavy atom. The van der Waals surface area contributed by atoms with E-state index < -0.39 is 87.9 Å². The molecular formula is C32H42O12. The molecule has 0 unspecified atom stereocenters. The zero-order chi connectivity index (χ0) is 31.8. The number of esters is 1. The van der Waals surface area contributed by atoms with Crippen molar-refractivity contribution in [3.8, 4) is 0 Å². The van der Waals surface area contributed by atoms with Crippen molar-refractivity contribution in [2.24, 2.45) is 22.7 Å². The lowest BCUT2D eigenvalue weighted by Crippen LogP contribution is -2.74. The van der Waals surface area contributed by atoms with Crippen molar-refractivity contribution in [2.45, 2.75) is 126 Å². The summed E-state index contributed by atoms with van der Waals surface area (Å²) in [6.45, 7) is 4.67. The Bertz CT molecular complexity index is 1360. The predicted octanol–water partition coefficient (Wildman–Crippen LogP) is 1.14. The molecule has 0 bridgehead atoms. The number of carbonyl (C=O) groups is 3. The highest BCUT2D eigenvalue weighted by Crippen LogP contribution is 2.70. The number of carbonyl (C=O) groups excluding carboxylic acids is 3. The SMILES string of the molecule is CC(=O)O[C@@H]1C[C@@H](C)O[C@@H](O[C@H]2CC[C@]3(C=O)[C@H]4[C@H](O)C(=O)[C@]5(C)[C@@H](c6ccc(=O)oc6)CC[C@]5(O)[C@@H]4CC[C@]3(O)C2)[C@H]1O. The summed E-state index contributed by atoms with van der Waals surface area (Å²) in [7, 11) is 0. The first-order valence-corrected chi connectivity index (χ1v) is 15.6. The van der Waals surface area contributed by atoms with Gasteiger partial charge < -0.3 is 43.8 Å². The molecule has 5 fully saturated rings. The average molecular weight is 619 g/mol. The molecule has 4 saturated carbocycles. The van der Waals surface area contributed by atoms with Crippen molar-refractivity contribution in [1.82, 2.24) is 0 Å². The molecule has 0 aromatic carbocycles. The maximum Gasteiger partial charge on any atom is 0.335 e. The number of aliphatic hydroxyl groups is 4. The number of aliphatic hydroxyl groups excluding tert-OH is 2. The molecule has 4 N–H and O–H groups in total. The van der Waals surface area contributed by atoms with Gasteiger partial charge in [0, 0.05) is 37.7 Å². The van der Waals surface area contributed by atoms with Crippen molar-refractivity contribution < 1.29 is 53.4 Å². The van der Waals surface area contributed by atoms with Gasteiger partial charge in [0.1, 0.15) is 24.6 Å². The molecule has 12 heteroatoms. The summed E-state index contributed by atoms with van der Waals surface area (Å²) in [4.78, 5) is 50.4. The quantitative estimate of drug-likeness (QED) is 0.209. The molecule has 1 saturated heterocycles. The van der Waals surface area contributed by atoms with Gasteiger partial charge in [0.05, 0.1) is 40.5 Å². The first-order chi connectivity index (χ1) is 20.7. The van der Waals surface area contributed by atoms with Crippen LogP contribution in [-0.4, -0.2) is 86.5 Å². The van der Waals surface area contributed by atoms with Gasteiger partial charge in [-0.2, -0.15) is 0 Å². The number of fused-ring (bicyclic) bond motifs is 5. The number of Topliss-reactive ketones (excluding diaryl/α,β-unsaturated/α-hetero) is 1. The fourth-order valence-corrected chi connectivity index (χ4v) is 9.79. The maximum absolute atomic E-state index is 14.2. The number of aldehydes is 1. The second-order valence-electron chi connectivity index (χ2n) is 14.0. The van der Waals surface area contributed by atoms with Crippen molar-refractivity contribution in [1.29, 1.82) is 0 Å². The molecule has 6 rings (SSSR count). The molecule has 0 amide bonds. The van der Waals surface area contributed by atoms with Crippen molar-refractivity contribution in [3.05, 3.63) is 34.4 Å². The van der Waals surface area contributed by atoms with Gasteiger partial charge in [-0.15, -0.1) is 0 Å². The molecule has 2 heterocycles. The zero-order valence-corrected chi connectivity index (χ0v) is 25.2. The van der Waals surface area contributed by atoms with Crippen LogP contribution in [0.4, 0.5) is 0 Å². The van der Waals surface area contributed by atoms with E-state index in [0.717, 1.165) is 0 Å². The van der Waals surface area contributed by atoms with Crippen LogP contribution in [0.3, 0.4) is 0 Å². The van der Waals surface area contributed by atoms with Crippen LogP contribution in [0.5, 0.6) is 0 Å². The number of ether oxygens (including phenoxy) is 3. The monoisotopic (exact) mass is 618 g/mol. The molecule has 1 aromatic rings. The smallest absolute Gasteiger partial charge is 0.335 e. The van der Waals surface area contributed by atoms with E-state index in [2.05, 4.69) is 0 Å². The Morgan fingerprint density at radius 1 is 1.09 bits per heavy atom. The molecule has 0 radical (unpaired) electrons. The number of hydrogen-bond acceptors (Lipinski definition) is 12. The van der Waals surface area contributed by atoms with E-state index in [1.807, 2.05) is 0 Å². The van der Waals surface area contributed by atoms with Crippen LogP contribution in [0.15, 0.2) is 27.6 Å². The molecule has 4 aliphatic carbocycles. The van der Waals surface area contributed by atoms with Gasteiger partial charge in [-0.05, 0) is 69.9 Å². The molecule has 5 aliphatic rings. The Balaban J connectivity index is 1.27. The Labute approximate surface area is 254 Å². The van der Waals surface area contributed by atoms with E-state index in [-0.39, 0.29) is 44.6 Å². The third-order valence-electron chi connectivity index (χ3n) is 11.9. The van der Waals surface area contributed by atoms with E-state index in [0.29, 0.717) is 24.7 Å². The highest BCUT2D eigenvalue weighted by atomic mass is 16.7. The number of ketones is 1. The van der Waals surface area contributed by atoms with E-state index in [1.54, 1.807) is 19.9 Å². The summed E-state index contributed by atoms with van der Waals surface area (Å²) in [5, 5.41) is 47.1. The van der Waals surface area contributed by atoms with Gasteiger partial charge in [-0.25, -0.2) is 4.79 Å². The summed E-state index contributed by atoms with van der Waals surface area (Å²) in [5.74, 6) is -3.33. The average Bonchev–Trinajstić information content (AvgIpc) is 3.25. The van der Waals surface area contributed by atoms with Crippen molar-refractivity contribution >= 4 is 18.0 Å². The van der Waals surface area contributed by atoms with Crippen molar-refractivity contribution in [3.63, 3.8) is 0 Å². The van der Waals surface area contributed by atoms with Crippen LogP contribution in [0.25, 0.3) is 0 Å². The fraction of sp³-hybridized carbons (Fsp3) is 0.750. The van der Waals surface area contributed by atoms with E-state index in [9.17, 15) is 39.6 Å². The third kappa shape index (κ3) is 4.39. The van der Waals surface area contributed by atoms with Gasteiger partial charge in [-0.3, -0.25) is 9.59 Å². The van der Waals surface area contributed by atoms with Gasteiger partial charge in [0.2, 0.25) is 0 Å². The van der Waals surface area contributed by atoms with Gasteiger partial charge >= 0.3 is 11.6 Å². The third-order valence-corrected chi connectivity index (χ3v) is 11.9. The number of rotatable bonds is 5. The Morgan fingerprint density at radius 2 is 1.84 bits per heavy atom. The first kappa shape index (κ1) is 31.5. The summed E-state index contributed by atoms with van der Waals surface area (Å²) in [6.07, 6.45) is -2.24. The van der Waals surface area contributed by atoms with Crippen LogP contribution in [0.1, 0.15) is 83.6 Å². The minimum atomic E-state index is -1.66. The Hall–Kier alpha value is -2.48. The van der Waals surface area contributed by atoms with Crippen LogP contribution in [-0.2, 0) is 28.6 Å². The van der Waals surface area contributed by atoms with Crippen molar-refractivity contribution in [2.75, 3.05) is 0 Å². The minimum Gasteiger partial charge on any atom is -0.459 e. The molecule has 44 heavy (non-hydrogen) atoms. The highest BCUT2D eigenvalue weighted by Gasteiger charge is 2.76. The second-order valence-corrected chi connectivity index (χ2v) is 14.0. The van der Waals surface area contributed by atoms with Crippen LogP contribution < -0.4 is 5.63 Å². The lowest BCUT2D eigenvalue weighted by molar-refractivity contribution is -0.301. The lowest BCUT2D eigenvalue weighted by atomic mass is 9.40. The van der Waals surface area contributed by atoms with Crippen LogP contribution in [0, 0.1) is 22.7 Å².